The van der Waals surface area contributed by atoms with E-state index in [-0.39, 0.29) is 0 Å². The lowest BCUT2D eigenvalue weighted by Gasteiger charge is -2.01. The van der Waals surface area contributed by atoms with Crippen molar-refractivity contribution in [2.45, 2.75) is 6.92 Å². The predicted molar refractivity (Wildman–Crippen MR) is 68.8 cm³/mol. The fourth-order valence-corrected chi connectivity index (χ4v) is 1.50. The highest BCUT2D eigenvalue weighted by Gasteiger charge is 1.98. The van der Waals surface area contributed by atoms with Crippen LogP contribution in [-0.4, -0.2) is 5.84 Å². The van der Waals surface area contributed by atoms with Crippen LogP contribution in [0.1, 0.15) is 12.5 Å². The smallest absolute Gasteiger partial charge is 0.131 e. The maximum Gasteiger partial charge on any atom is 0.131 e. The molecule has 0 atom stereocenters. The van der Waals surface area contributed by atoms with Crippen LogP contribution in [0.2, 0.25) is 0 Å². The third-order valence-corrected chi connectivity index (χ3v) is 2.24. The van der Waals surface area contributed by atoms with Crippen LogP contribution < -0.4 is 5.73 Å². The van der Waals surface area contributed by atoms with E-state index < -0.39 is 0 Å². The van der Waals surface area contributed by atoms with Gasteiger partial charge >= 0.3 is 0 Å². The molecule has 0 fully saturated rings. The highest BCUT2D eigenvalue weighted by atomic mass is 79.9. The van der Waals surface area contributed by atoms with Gasteiger partial charge in [-0.25, -0.2) is 4.99 Å². The van der Waals surface area contributed by atoms with E-state index in [2.05, 4.69) is 27.5 Å². The quantitative estimate of drug-likeness (QED) is 0.508. The molecule has 1 rings (SSSR count). The molecule has 1 aromatic rings. The van der Waals surface area contributed by atoms with Crippen molar-refractivity contribution in [2.75, 3.05) is 0 Å². The van der Waals surface area contributed by atoms with Crippen molar-refractivity contribution in [1.82, 2.24) is 0 Å². The summed E-state index contributed by atoms with van der Waals surface area (Å²) in [5, 5.41) is 0. The second kappa shape index (κ2) is 5.51. The molecule has 2 nitrogen and oxygen atoms in total. The topological polar surface area (TPSA) is 38.4 Å². The second-order valence-corrected chi connectivity index (χ2v) is 3.91. The number of amidine groups is 1. The lowest BCUT2D eigenvalue weighted by Crippen LogP contribution is -2.13. The van der Waals surface area contributed by atoms with Gasteiger partial charge in [0.15, 0.2) is 0 Å². The third kappa shape index (κ3) is 3.72. The fourth-order valence-electron chi connectivity index (χ4n) is 1.10. The number of nitrogens with two attached hydrogens (primary N) is 1. The Labute approximate surface area is 98.3 Å². The van der Waals surface area contributed by atoms with Crippen molar-refractivity contribution < 1.29 is 0 Å². The zero-order valence-corrected chi connectivity index (χ0v) is 10.2. The van der Waals surface area contributed by atoms with Crippen LogP contribution in [0.5, 0.6) is 0 Å². The van der Waals surface area contributed by atoms with E-state index in [1.54, 1.807) is 0 Å². The number of hydrogen-bond acceptors (Lipinski definition) is 1. The minimum Gasteiger partial charge on any atom is -0.383 e. The van der Waals surface area contributed by atoms with Crippen LogP contribution in [0.3, 0.4) is 0 Å². The first-order valence-corrected chi connectivity index (χ1v) is 5.34. The second-order valence-electron chi connectivity index (χ2n) is 3.00. The van der Waals surface area contributed by atoms with Gasteiger partial charge in [-0.2, -0.15) is 0 Å². The maximum atomic E-state index is 5.83. The largest absolute Gasteiger partial charge is 0.383 e. The molecular formula is C12H13BrN2. The molecule has 0 unspecified atom stereocenters. The molecule has 0 bridgehead atoms. The van der Waals surface area contributed by atoms with E-state index in [0.29, 0.717) is 11.5 Å². The third-order valence-electron chi connectivity index (χ3n) is 1.74. The molecule has 0 saturated heterocycles. The summed E-state index contributed by atoms with van der Waals surface area (Å²) >= 11 is 3.38. The van der Waals surface area contributed by atoms with Crippen LogP contribution >= 0.6 is 15.9 Å². The molecule has 0 heterocycles. The number of allylic oxidation sites excluding steroid dienone is 2. The van der Waals surface area contributed by atoms with Crippen molar-refractivity contribution >= 4 is 21.8 Å². The maximum absolute atomic E-state index is 5.83. The number of rotatable bonds is 3. The fraction of sp³-hybridized carbons (Fsp3) is 0.0833. The average molecular weight is 265 g/mol. The Bertz CT molecular complexity index is 419. The molecular weight excluding hydrogens is 252 g/mol. The van der Waals surface area contributed by atoms with Gasteiger partial charge in [-0.1, -0.05) is 40.7 Å². The van der Waals surface area contributed by atoms with E-state index in [4.69, 9.17) is 5.73 Å². The summed E-state index contributed by atoms with van der Waals surface area (Å²) in [7, 11) is 0. The van der Waals surface area contributed by atoms with Crippen LogP contribution in [-0.2, 0) is 0 Å². The minimum atomic E-state index is 0.472. The van der Waals surface area contributed by atoms with Gasteiger partial charge in [-0.05, 0) is 25.1 Å². The molecule has 0 aromatic heterocycles. The van der Waals surface area contributed by atoms with Gasteiger partial charge in [0, 0.05) is 10.0 Å². The summed E-state index contributed by atoms with van der Waals surface area (Å²) in [6.45, 7) is 5.68. The van der Waals surface area contributed by atoms with Gasteiger partial charge < -0.3 is 5.73 Å². The molecule has 0 saturated carbocycles. The van der Waals surface area contributed by atoms with E-state index in [0.717, 1.165) is 10.0 Å². The van der Waals surface area contributed by atoms with Gasteiger partial charge in [-0.3, -0.25) is 0 Å². The standard InChI is InChI=1S/C12H13BrN2/c1-3-5-9(2)15-12(14)10-6-4-7-11(13)8-10/h3-8H,2H2,1H3,(H2,14,15)/b5-3-. The van der Waals surface area contributed by atoms with Crippen molar-refractivity contribution in [3.63, 3.8) is 0 Å². The number of nitrogens with zero attached hydrogens (tertiary/aromatic N) is 1. The Morgan fingerprint density at radius 1 is 1.53 bits per heavy atom. The van der Waals surface area contributed by atoms with Gasteiger partial charge in [0.25, 0.3) is 0 Å². The van der Waals surface area contributed by atoms with E-state index in [1.165, 1.54) is 0 Å². The number of benzene rings is 1. The number of hydrogen-bond donors (Lipinski definition) is 1. The zero-order chi connectivity index (χ0) is 11.3. The predicted octanol–water partition coefficient (Wildman–Crippen LogP) is 3.24. The van der Waals surface area contributed by atoms with E-state index in [9.17, 15) is 0 Å². The summed E-state index contributed by atoms with van der Waals surface area (Å²) < 4.78 is 0.981. The monoisotopic (exact) mass is 264 g/mol. The van der Waals surface area contributed by atoms with E-state index >= 15 is 0 Å². The molecule has 1 aromatic carbocycles. The van der Waals surface area contributed by atoms with Gasteiger partial charge in [0.05, 0.1) is 5.70 Å². The van der Waals surface area contributed by atoms with Crippen molar-refractivity contribution in [3.8, 4) is 0 Å². The highest BCUT2D eigenvalue weighted by molar-refractivity contribution is 9.10. The lowest BCUT2D eigenvalue weighted by atomic mass is 10.2. The molecule has 0 spiro atoms. The first kappa shape index (κ1) is 11.7. The van der Waals surface area contributed by atoms with Crippen molar-refractivity contribution in [2.24, 2.45) is 10.7 Å². The average Bonchev–Trinajstić information content (AvgIpc) is 2.18. The SMILES string of the molecule is C=C(/C=C\C)N=C(N)c1cccc(Br)c1. The van der Waals surface area contributed by atoms with Crippen molar-refractivity contribution in [1.29, 1.82) is 0 Å². The summed E-state index contributed by atoms with van der Waals surface area (Å²) in [5.74, 6) is 0.472. The summed E-state index contributed by atoms with van der Waals surface area (Å²) in [6, 6.07) is 7.69. The van der Waals surface area contributed by atoms with Crippen LogP contribution in [0.15, 0.2) is 58.2 Å². The summed E-state index contributed by atoms with van der Waals surface area (Å²) in [4.78, 5) is 4.17. The van der Waals surface area contributed by atoms with Gasteiger partial charge in [-0.15, -0.1) is 0 Å². The van der Waals surface area contributed by atoms with Crippen LogP contribution in [0.25, 0.3) is 0 Å². The molecule has 0 aliphatic heterocycles. The molecule has 0 aliphatic rings. The Kier molecular flexibility index (Phi) is 4.31. The van der Waals surface area contributed by atoms with Crippen LogP contribution in [0.4, 0.5) is 0 Å². The Morgan fingerprint density at radius 3 is 2.87 bits per heavy atom. The van der Waals surface area contributed by atoms with Crippen molar-refractivity contribution in [3.05, 3.63) is 58.7 Å². The lowest BCUT2D eigenvalue weighted by molar-refractivity contribution is 1.38. The zero-order valence-electron chi connectivity index (χ0n) is 8.57. The van der Waals surface area contributed by atoms with Gasteiger partial charge in [0.1, 0.15) is 5.84 Å². The van der Waals surface area contributed by atoms with E-state index in [1.807, 2.05) is 43.3 Å². The molecule has 78 valence electrons. The summed E-state index contributed by atoms with van der Waals surface area (Å²) in [6.07, 6.45) is 3.69. The molecule has 0 amide bonds. The molecule has 3 heteroatoms. The minimum absolute atomic E-state index is 0.472. The van der Waals surface area contributed by atoms with Gasteiger partial charge in [0.2, 0.25) is 0 Å². The molecule has 15 heavy (non-hydrogen) atoms. The Morgan fingerprint density at radius 2 is 2.27 bits per heavy atom. The summed E-state index contributed by atoms with van der Waals surface area (Å²) in [5.41, 5.74) is 7.36. The number of halogens is 1. The number of aliphatic imine (C=N–C) groups is 1. The van der Waals surface area contributed by atoms with Crippen LogP contribution in [0, 0.1) is 0 Å². The Hall–Kier alpha value is -1.35. The molecule has 2 N–H and O–H groups in total. The first-order chi connectivity index (χ1) is 7.13. The molecule has 0 radical (unpaired) electrons. The highest BCUT2D eigenvalue weighted by Crippen LogP contribution is 2.12. The normalized spacial score (nSPS) is 12.0. The molecule has 0 aliphatic carbocycles. The Balaban J connectivity index is 2.93. The first-order valence-electron chi connectivity index (χ1n) is 4.55.